The lowest BCUT2D eigenvalue weighted by Gasteiger charge is -2.57. The highest BCUT2D eigenvalue weighted by Crippen LogP contribution is 2.57. The number of ether oxygens (including phenoxy) is 1. The minimum Gasteiger partial charge on any atom is -0.473 e. The van der Waals surface area contributed by atoms with Crippen molar-refractivity contribution >= 4 is 23.7 Å². The van der Waals surface area contributed by atoms with Gasteiger partial charge in [-0.3, -0.25) is 14.4 Å². The number of carbonyl (C=O) groups excluding carboxylic acids is 1. The van der Waals surface area contributed by atoms with Gasteiger partial charge < -0.3 is 4.74 Å². The monoisotopic (exact) mass is 540 g/mol. The average molecular weight is 541 g/mol. The van der Waals surface area contributed by atoms with E-state index in [9.17, 15) is 4.79 Å². The second kappa shape index (κ2) is 9.93. The van der Waals surface area contributed by atoms with Gasteiger partial charge in [0.2, 0.25) is 11.8 Å². The highest BCUT2D eigenvalue weighted by molar-refractivity contribution is 8.00. The van der Waals surface area contributed by atoms with Crippen LogP contribution in [0.5, 0.6) is 5.88 Å². The Balaban J connectivity index is 1.26. The minimum atomic E-state index is -0.107. The van der Waals surface area contributed by atoms with E-state index in [1.165, 1.54) is 55.2 Å². The molecule has 6 bridgehead atoms. The molecule has 3 heterocycles. The van der Waals surface area contributed by atoms with Crippen molar-refractivity contribution in [1.29, 1.82) is 0 Å². The molecule has 2 aromatic carbocycles. The largest absolute Gasteiger partial charge is 0.473 e. The van der Waals surface area contributed by atoms with Crippen LogP contribution in [0.15, 0.2) is 53.4 Å². The molecule has 0 amide bonds. The maximum atomic E-state index is 13.8. The Bertz CT molecular complexity index is 1390. The fourth-order valence-corrected chi connectivity index (χ4v) is 7.86. The lowest BCUT2D eigenvalue weighted by atomic mass is 9.54. The van der Waals surface area contributed by atoms with Gasteiger partial charge >= 0.3 is 0 Å². The van der Waals surface area contributed by atoms with Crippen LogP contribution >= 0.6 is 11.9 Å². The number of rotatable bonds is 2. The molecule has 2 aliphatic carbocycles. The van der Waals surface area contributed by atoms with Crippen LogP contribution in [0, 0.1) is 25.2 Å². The van der Waals surface area contributed by atoms with Crippen molar-refractivity contribution in [3.05, 3.63) is 65.2 Å². The molecule has 1 saturated heterocycles. The number of aryl methyl sites for hydroxylation is 2. The summed E-state index contributed by atoms with van der Waals surface area (Å²) in [6.07, 6.45) is 8.25. The lowest BCUT2D eigenvalue weighted by Crippen LogP contribution is -2.55. The summed E-state index contributed by atoms with van der Waals surface area (Å²) in [5, 5.41) is 0. The van der Waals surface area contributed by atoms with Crippen LogP contribution < -0.4 is 9.46 Å². The van der Waals surface area contributed by atoms with Gasteiger partial charge in [0.25, 0.3) is 0 Å². The second-order valence-corrected chi connectivity index (χ2v) is 13.0. The van der Waals surface area contributed by atoms with Gasteiger partial charge in [0.05, 0.1) is 5.69 Å². The van der Waals surface area contributed by atoms with Crippen LogP contribution in [0.1, 0.15) is 66.4 Å². The van der Waals surface area contributed by atoms with E-state index in [4.69, 9.17) is 14.7 Å². The van der Waals surface area contributed by atoms with E-state index in [1.807, 2.05) is 30.3 Å². The minimum absolute atomic E-state index is 0.0638. The zero-order chi connectivity index (χ0) is 26.6. The Hall–Kier alpha value is -2.90. The smallest absolute Gasteiger partial charge is 0.237 e. The van der Waals surface area contributed by atoms with E-state index in [-0.39, 0.29) is 17.8 Å². The number of carbonyl (C=O) groups is 1. The van der Waals surface area contributed by atoms with Crippen molar-refractivity contribution in [3.63, 3.8) is 0 Å². The molecule has 1 aromatic heterocycles. The summed E-state index contributed by atoms with van der Waals surface area (Å²) >= 11 is 1.43. The lowest BCUT2D eigenvalue weighted by molar-refractivity contribution is -0.0608. The van der Waals surface area contributed by atoms with Crippen LogP contribution in [0.4, 0.5) is 5.95 Å². The fraction of sp³-hybridized carbons (Fsp3) is 0.469. The summed E-state index contributed by atoms with van der Waals surface area (Å²) in [6.45, 7) is 6.03. The molecule has 1 N–H and O–H groups in total. The Morgan fingerprint density at radius 1 is 1.05 bits per heavy atom. The van der Waals surface area contributed by atoms with Crippen molar-refractivity contribution in [3.8, 4) is 17.1 Å². The fourth-order valence-electron chi connectivity index (χ4n) is 7.22. The predicted molar refractivity (Wildman–Crippen MR) is 155 cm³/mol. The highest BCUT2D eigenvalue weighted by atomic mass is 32.2. The number of hydrogen-bond donors (Lipinski definition) is 1. The third kappa shape index (κ3) is 4.84. The molecular weight excluding hydrogens is 504 g/mol. The Labute approximate surface area is 235 Å². The predicted octanol–water partition coefficient (Wildman–Crippen LogP) is 6.87. The Morgan fingerprint density at radius 2 is 1.85 bits per heavy atom. The van der Waals surface area contributed by atoms with Gasteiger partial charge in [0, 0.05) is 40.6 Å². The molecular formula is C32H36N4O2S. The standard InChI is InChI=1S/C32H36N4O2S/c1-20-6-3-7-21(2)29(20)27-16-28-34-31(33-27)35-39-26-9-4-8-22(15-26)30(37)23-10-13-36(19-25(14-23)38-28)24-17-32(18-24)11-5-12-32/h3-4,6-9,15-16,23-25H,5,10-14,17-19H2,1-2H3,(H,33,34,35)/t23?,25-/m0/s1. The van der Waals surface area contributed by atoms with E-state index >= 15 is 0 Å². The highest BCUT2D eigenvalue weighted by Gasteiger charge is 2.50. The van der Waals surface area contributed by atoms with Gasteiger partial charge in [0.1, 0.15) is 6.10 Å². The van der Waals surface area contributed by atoms with Gasteiger partial charge in [0.15, 0.2) is 5.78 Å². The van der Waals surface area contributed by atoms with Gasteiger partial charge in [-0.2, -0.15) is 4.98 Å². The molecule has 39 heavy (non-hydrogen) atoms. The topological polar surface area (TPSA) is 67.4 Å². The molecule has 0 radical (unpaired) electrons. The summed E-state index contributed by atoms with van der Waals surface area (Å²) < 4.78 is 10.0. The van der Waals surface area contributed by atoms with E-state index in [0.717, 1.165) is 41.2 Å². The first-order chi connectivity index (χ1) is 18.9. The molecule has 2 saturated carbocycles. The number of nitrogens with one attached hydrogen (secondary N) is 1. The maximum absolute atomic E-state index is 13.8. The number of likely N-dealkylation sites (tertiary alicyclic amines) is 1. The first kappa shape index (κ1) is 25.1. The molecule has 3 fully saturated rings. The average Bonchev–Trinajstić information content (AvgIpc) is 3.07. The first-order valence-corrected chi connectivity index (χ1v) is 15.2. The third-order valence-electron chi connectivity index (χ3n) is 9.50. The summed E-state index contributed by atoms with van der Waals surface area (Å²) in [5.41, 5.74) is 5.70. The number of anilines is 1. The first-order valence-electron chi connectivity index (χ1n) is 14.4. The SMILES string of the molecule is Cc1cccc(C)c1-c1cc2nc(n1)NSc1cccc(c1)C(=O)C1CCN(C3CC4(CCC4)C3)C[C@H](C1)O2. The van der Waals surface area contributed by atoms with Crippen molar-refractivity contribution in [2.45, 2.75) is 75.8 Å². The van der Waals surface area contributed by atoms with E-state index in [1.54, 1.807) is 0 Å². The normalized spacial score (nSPS) is 24.6. The maximum Gasteiger partial charge on any atom is 0.237 e. The van der Waals surface area contributed by atoms with Crippen LogP contribution in [-0.4, -0.2) is 45.9 Å². The van der Waals surface area contributed by atoms with Gasteiger partial charge in [-0.05, 0) is 99.5 Å². The number of aromatic nitrogens is 2. The summed E-state index contributed by atoms with van der Waals surface area (Å²) in [5.74, 6) is 1.24. The summed E-state index contributed by atoms with van der Waals surface area (Å²) in [6, 6.07) is 16.8. The van der Waals surface area contributed by atoms with Crippen molar-refractivity contribution in [2.75, 3.05) is 17.8 Å². The number of nitrogens with zero attached hydrogens (tertiary/aromatic N) is 3. The molecule has 4 aliphatic rings. The number of fused-ring (bicyclic) bond motifs is 6. The molecule has 6 nitrogen and oxygen atoms in total. The van der Waals surface area contributed by atoms with E-state index in [2.05, 4.69) is 41.7 Å². The van der Waals surface area contributed by atoms with Crippen LogP contribution in [0.3, 0.4) is 0 Å². The van der Waals surface area contributed by atoms with Crippen molar-refractivity contribution in [1.82, 2.24) is 14.9 Å². The molecule has 1 unspecified atom stereocenters. The molecule has 2 aliphatic heterocycles. The molecule has 7 rings (SSSR count). The second-order valence-electron chi connectivity index (χ2n) is 12.1. The summed E-state index contributed by atoms with van der Waals surface area (Å²) in [7, 11) is 0. The number of benzene rings is 2. The molecule has 1 spiro atoms. The number of ketones is 1. The van der Waals surface area contributed by atoms with Crippen molar-refractivity contribution in [2.24, 2.45) is 11.3 Å². The Kier molecular flexibility index (Phi) is 6.39. The quantitative estimate of drug-likeness (QED) is 0.356. The van der Waals surface area contributed by atoms with E-state index < -0.39 is 0 Å². The number of Topliss-reactive ketones (excluding diaryl/α,β-unsaturated/α-hetero) is 1. The zero-order valence-corrected chi connectivity index (χ0v) is 23.6. The molecule has 7 heteroatoms. The molecule has 3 aromatic rings. The number of hydrogen-bond acceptors (Lipinski definition) is 7. The van der Waals surface area contributed by atoms with E-state index in [0.29, 0.717) is 29.7 Å². The molecule has 2 atom stereocenters. The zero-order valence-electron chi connectivity index (χ0n) is 22.8. The van der Waals surface area contributed by atoms with Gasteiger partial charge in [-0.25, -0.2) is 4.98 Å². The van der Waals surface area contributed by atoms with Gasteiger partial charge in [-0.1, -0.05) is 36.8 Å². The van der Waals surface area contributed by atoms with Crippen molar-refractivity contribution < 1.29 is 9.53 Å². The van der Waals surface area contributed by atoms with Crippen LogP contribution in [0.2, 0.25) is 0 Å². The Morgan fingerprint density at radius 3 is 2.62 bits per heavy atom. The van der Waals surface area contributed by atoms with Crippen LogP contribution in [-0.2, 0) is 0 Å². The molecule has 202 valence electrons. The van der Waals surface area contributed by atoms with Gasteiger partial charge in [-0.15, -0.1) is 0 Å². The van der Waals surface area contributed by atoms with Crippen LogP contribution in [0.25, 0.3) is 11.3 Å². The third-order valence-corrected chi connectivity index (χ3v) is 10.3. The summed E-state index contributed by atoms with van der Waals surface area (Å²) in [4.78, 5) is 27.0.